The largest absolute Gasteiger partial charge is 0.311 e. The molecule has 2 rings (SSSR count). The first kappa shape index (κ1) is 14.2. The third kappa shape index (κ3) is 3.22. The minimum Gasteiger partial charge on any atom is -0.311 e. The van der Waals surface area contributed by atoms with Crippen molar-refractivity contribution >= 4 is 15.9 Å². The van der Waals surface area contributed by atoms with Crippen molar-refractivity contribution in [1.82, 2.24) is 15.1 Å². The summed E-state index contributed by atoms with van der Waals surface area (Å²) in [5, 5.41) is 7.56. The Balaban J connectivity index is 2.26. The molecule has 19 heavy (non-hydrogen) atoms. The maximum atomic E-state index is 13.9. The molecule has 5 heteroatoms. The average molecular weight is 326 g/mol. The van der Waals surface area contributed by atoms with Gasteiger partial charge >= 0.3 is 0 Å². The number of aryl methyl sites for hydroxylation is 2. The van der Waals surface area contributed by atoms with E-state index in [1.165, 1.54) is 6.07 Å². The van der Waals surface area contributed by atoms with E-state index in [2.05, 4.69) is 26.3 Å². The van der Waals surface area contributed by atoms with E-state index >= 15 is 0 Å². The molecule has 3 nitrogen and oxygen atoms in total. The van der Waals surface area contributed by atoms with Crippen LogP contribution in [0.4, 0.5) is 4.39 Å². The summed E-state index contributed by atoms with van der Waals surface area (Å²) in [6, 6.07) is 7.24. The van der Waals surface area contributed by atoms with Gasteiger partial charge in [-0.15, -0.1) is 0 Å². The Kier molecular flexibility index (Phi) is 4.37. The molecule has 0 radical (unpaired) electrons. The van der Waals surface area contributed by atoms with E-state index < -0.39 is 0 Å². The number of hydrogen-bond acceptors (Lipinski definition) is 2. The van der Waals surface area contributed by atoms with Crippen molar-refractivity contribution in [3.05, 3.63) is 51.5 Å². The highest BCUT2D eigenvalue weighted by Crippen LogP contribution is 2.22. The Labute approximate surface area is 121 Å². The summed E-state index contributed by atoms with van der Waals surface area (Å²) < 4.78 is 16.5. The van der Waals surface area contributed by atoms with E-state index in [-0.39, 0.29) is 11.9 Å². The number of nitrogens with one attached hydrogen (secondary N) is 1. The Bertz CT molecular complexity index is 580. The Morgan fingerprint density at radius 1 is 1.42 bits per heavy atom. The molecule has 1 aromatic carbocycles. The number of nitrogens with zero attached hydrogens (tertiary/aromatic N) is 2. The van der Waals surface area contributed by atoms with Crippen LogP contribution in [0.3, 0.4) is 0 Å². The quantitative estimate of drug-likeness (QED) is 0.935. The molecular weight excluding hydrogens is 309 g/mol. The summed E-state index contributed by atoms with van der Waals surface area (Å²) in [5.74, 6) is -0.187. The van der Waals surface area contributed by atoms with Crippen LogP contribution in [-0.2, 0) is 13.5 Å². The Morgan fingerprint density at radius 3 is 2.68 bits per heavy atom. The van der Waals surface area contributed by atoms with Gasteiger partial charge in [0.25, 0.3) is 0 Å². The molecule has 0 saturated heterocycles. The van der Waals surface area contributed by atoms with Crippen molar-refractivity contribution in [2.24, 2.45) is 7.05 Å². The van der Waals surface area contributed by atoms with Crippen LogP contribution in [0.2, 0.25) is 0 Å². The molecule has 0 amide bonds. The number of likely N-dealkylation sites (N-methyl/N-ethyl adjacent to an activating group) is 1. The van der Waals surface area contributed by atoms with Crippen LogP contribution >= 0.6 is 15.9 Å². The maximum absolute atomic E-state index is 13.9. The van der Waals surface area contributed by atoms with E-state index in [0.29, 0.717) is 12.0 Å². The number of rotatable bonds is 4. The molecular formula is C14H17BrFN3. The molecule has 0 saturated carbocycles. The molecule has 0 aliphatic rings. The normalized spacial score (nSPS) is 12.7. The molecule has 1 N–H and O–H groups in total. The van der Waals surface area contributed by atoms with Gasteiger partial charge in [-0.1, -0.05) is 22.0 Å². The van der Waals surface area contributed by atoms with Crippen LogP contribution in [0.1, 0.15) is 23.0 Å². The Morgan fingerprint density at radius 2 is 2.16 bits per heavy atom. The Hall–Kier alpha value is -1.20. The number of hydrogen-bond donors (Lipinski definition) is 1. The van der Waals surface area contributed by atoms with Crippen molar-refractivity contribution < 1.29 is 4.39 Å². The van der Waals surface area contributed by atoms with Crippen LogP contribution in [0, 0.1) is 12.7 Å². The first-order valence-electron chi connectivity index (χ1n) is 6.13. The minimum atomic E-state index is -0.187. The smallest absolute Gasteiger partial charge is 0.127 e. The predicted molar refractivity (Wildman–Crippen MR) is 77.5 cm³/mol. The summed E-state index contributed by atoms with van der Waals surface area (Å²) in [6.07, 6.45) is 0.592. The lowest BCUT2D eigenvalue weighted by Gasteiger charge is -2.17. The molecule has 0 fully saturated rings. The van der Waals surface area contributed by atoms with E-state index in [1.807, 2.05) is 43.9 Å². The highest BCUT2D eigenvalue weighted by Gasteiger charge is 2.16. The van der Waals surface area contributed by atoms with Crippen molar-refractivity contribution in [3.8, 4) is 0 Å². The van der Waals surface area contributed by atoms with Crippen LogP contribution in [0.5, 0.6) is 0 Å². The third-order valence-electron chi connectivity index (χ3n) is 3.18. The summed E-state index contributed by atoms with van der Waals surface area (Å²) >= 11 is 3.27. The molecule has 102 valence electrons. The number of halogens is 2. The minimum absolute atomic E-state index is 0.0434. The second kappa shape index (κ2) is 5.84. The molecule has 0 aliphatic heterocycles. The molecule has 1 heterocycles. The molecule has 1 unspecified atom stereocenters. The fourth-order valence-corrected chi connectivity index (χ4v) is 2.55. The molecule has 0 spiro atoms. The van der Waals surface area contributed by atoms with Gasteiger partial charge in [0.1, 0.15) is 5.82 Å². The lowest BCUT2D eigenvalue weighted by atomic mass is 10.0. The van der Waals surface area contributed by atoms with Crippen LogP contribution in [0.25, 0.3) is 0 Å². The second-order valence-electron chi connectivity index (χ2n) is 4.62. The third-order valence-corrected chi connectivity index (χ3v) is 3.68. The monoisotopic (exact) mass is 325 g/mol. The fraction of sp³-hybridized carbons (Fsp3) is 0.357. The van der Waals surface area contributed by atoms with Gasteiger partial charge in [-0.3, -0.25) is 4.68 Å². The molecule has 1 aromatic heterocycles. The summed E-state index contributed by atoms with van der Waals surface area (Å²) in [4.78, 5) is 0. The van der Waals surface area contributed by atoms with Crippen molar-refractivity contribution in [1.29, 1.82) is 0 Å². The summed E-state index contributed by atoms with van der Waals surface area (Å²) in [6.45, 7) is 1.95. The van der Waals surface area contributed by atoms with E-state index in [9.17, 15) is 4.39 Å². The molecule has 0 bridgehead atoms. The van der Waals surface area contributed by atoms with Crippen LogP contribution in [-0.4, -0.2) is 16.8 Å². The van der Waals surface area contributed by atoms with Crippen LogP contribution in [0.15, 0.2) is 28.7 Å². The first-order chi connectivity index (χ1) is 9.01. The summed E-state index contributed by atoms with van der Waals surface area (Å²) in [7, 11) is 3.79. The van der Waals surface area contributed by atoms with Gasteiger partial charge in [0.2, 0.25) is 0 Å². The highest BCUT2D eigenvalue weighted by atomic mass is 79.9. The molecule has 0 aliphatic carbocycles. The van der Waals surface area contributed by atoms with Gasteiger partial charge in [-0.2, -0.15) is 5.10 Å². The van der Waals surface area contributed by atoms with Gasteiger partial charge in [-0.25, -0.2) is 4.39 Å². The maximum Gasteiger partial charge on any atom is 0.127 e. The summed E-state index contributed by atoms with van der Waals surface area (Å²) in [5.41, 5.74) is 2.72. The first-order valence-corrected chi connectivity index (χ1v) is 6.92. The van der Waals surface area contributed by atoms with E-state index in [4.69, 9.17) is 0 Å². The lowest BCUT2D eigenvalue weighted by molar-refractivity contribution is 0.519. The van der Waals surface area contributed by atoms with Gasteiger partial charge in [0.05, 0.1) is 17.4 Å². The zero-order valence-corrected chi connectivity index (χ0v) is 12.8. The van der Waals surface area contributed by atoms with Gasteiger partial charge in [0, 0.05) is 11.5 Å². The van der Waals surface area contributed by atoms with E-state index in [1.54, 1.807) is 0 Å². The van der Waals surface area contributed by atoms with Crippen LogP contribution < -0.4 is 5.32 Å². The zero-order valence-electron chi connectivity index (χ0n) is 11.2. The van der Waals surface area contributed by atoms with Crippen molar-refractivity contribution in [3.63, 3.8) is 0 Å². The van der Waals surface area contributed by atoms with Crippen molar-refractivity contribution in [2.75, 3.05) is 7.05 Å². The fourth-order valence-electron chi connectivity index (χ4n) is 2.22. The topological polar surface area (TPSA) is 29.9 Å². The average Bonchev–Trinajstić information content (AvgIpc) is 2.68. The van der Waals surface area contributed by atoms with Crippen molar-refractivity contribution in [2.45, 2.75) is 19.4 Å². The SMILES string of the molecule is CNC(Cc1ccc(Br)cc1F)c1cc(C)nn1C. The zero-order chi connectivity index (χ0) is 14.0. The number of benzene rings is 1. The lowest BCUT2D eigenvalue weighted by Crippen LogP contribution is -2.22. The highest BCUT2D eigenvalue weighted by molar-refractivity contribution is 9.10. The molecule has 2 aromatic rings. The second-order valence-corrected chi connectivity index (χ2v) is 5.53. The molecule has 1 atom stereocenters. The predicted octanol–water partition coefficient (Wildman–Crippen LogP) is 3.13. The number of aromatic nitrogens is 2. The van der Waals surface area contributed by atoms with Gasteiger partial charge in [-0.05, 0) is 44.2 Å². The van der Waals surface area contributed by atoms with E-state index in [0.717, 1.165) is 15.9 Å². The van der Waals surface area contributed by atoms with Gasteiger partial charge < -0.3 is 5.32 Å². The standard InChI is InChI=1S/C14H17BrFN3/c1-9-6-14(19(3)18-9)13(17-2)7-10-4-5-11(15)8-12(10)16/h4-6,8,13,17H,7H2,1-3H3. The van der Waals surface area contributed by atoms with Gasteiger partial charge in [0.15, 0.2) is 0 Å².